The number of fused-ring (bicyclic) bond motifs is 2. The molecular formula is C21H30FN6O8PS. The molecule has 0 radical (unpaired) electrons. The molecule has 2 aromatic rings. The number of nitrogens with one attached hydrogen (secondary N) is 1. The number of ether oxygens (including phenoxy) is 2. The maximum atomic E-state index is 16.1. The zero-order valence-electron chi connectivity index (χ0n) is 21.3. The molecule has 0 aromatic carbocycles. The van der Waals surface area contributed by atoms with Crippen molar-refractivity contribution in [3.05, 3.63) is 12.5 Å². The van der Waals surface area contributed by atoms with Gasteiger partial charge in [0.25, 0.3) is 0 Å². The number of aromatic nitrogens is 4. The fourth-order valence-corrected chi connectivity index (χ4v) is 6.35. The number of phosphoric ester groups is 1. The molecule has 2 saturated heterocycles. The fourth-order valence-electron chi connectivity index (χ4n) is 3.95. The molecule has 2 aliphatic rings. The number of nitrogens with zero attached hydrogens (tertiary/aromatic N) is 4. The van der Waals surface area contributed by atoms with E-state index in [1.807, 2.05) is 0 Å². The van der Waals surface area contributed by atoms with Crippen LogP contribution in [0.5, 0.6) is 0 Å². The number of hydrogen-bond donors (Lipinski definition) is 2. The average molecular weight is 577 g/mol. The first-order chi connectivity index (χ1) is 17.9. The molecule has 0 saturated carbocycles. The average Bonchev–Trinajstić information content (AvgIpc) is 3.37. The Labute approximate surface area is 222 Å². The Morgan fingerprint density at radius 3 is 2.92 bits per heavy atom. The van der Waals surface area contributed by atoms with Crippen molar-refractivity contribution in [1.82, 2.24) is 24.8 Å². The topological polar surface area (TPSA) is 179 Å². The third-order valence-corrected chi connectivity index (χ3v) is 8.61. The van der Waals surface area contributed by atoms with Gasteiger partial charge in [-0.2, -0.15) is 4.98 Å². The van der Waals surface area contributed by atoms with Crippen molar-refractivity contribution in [2.75, 3.05) is 37.9 Å². The first-order valence-electron chi connectivity index (χ1n) is 11.8. The number of rotatable bonds is 9. The van der Waals surface area contributed by atoms with E-state index in [9.17, 15) is 14.2 Å². The van der Waals surface area contributed by atoms with E-state index in [2.05, 4.69) is 20.3 Å². The second-order valence-electron chi connectivity index (χ2n) is 9.46. The van der Waals surface area contributed by atoms with Crippen LogP contribution in [0.1, 0.15) is 33.9 Å². The number of phosphoric acid groups is 1. The van der Waals surface area contributed by atoms with Crippen molar-refractivity contribution in [3.63, 3.8) is 0 Å². The van der Waals surface area contributed by atoms with Crippen LogP contribution in [0.2, 0.25) is 0 Å². The number of alkyl halides is 1. The number of thioether (sulfide) groups is 1. The summed E-state index contributed by atoms with van der Waals surface area (Å²) in [6, 6.07) is 0. The van der Waals surface area contributed by atoms with Crippen LogP contribution in [0.15, 0.2) is 12.5 Å². The third kappa shape index (κ3) is 5.95. The first kappa shape index (κ1) is 28.6. The Balaban J connectivity index is 1.32. The molecule has 2 aliphatic heterocycles. The zero-order valence-corrected chi connectivity index (χ0v) is 23.0. The minimum atomic E-state index is -4.15. The van der Waals surface area contributed by atoms with Gasteiger partial charge in [-0.25, -0.2) is 23.7 Å². The predicted octanol–water partition coefficient (Wildman–Crippen LogP) is 2.61. The number of anilines is 1. The molecule has 2 fully saturated rings. The molecule has 2 aromatic heterocycles. The van der Waals surface area contributed by atoms with Crippen LogP contribution in [0.25, 0.3) is 11.2 Å². The minimum absolute atomic E-state index is 0.0114. The van der Waals surface area contributed by atoms with Gasteiger partial charge < -0.3 is 20.5 Å². The molecule has 0 aliphatic carbocycles. The second kappa shape index (κ2) is 11.0. The van der Waals surface area contributed by atoms with Gasteiger partial charge in [0.2, 0.25) is 5.95 Å². The normalized spacial score (nSPS) is 29.2. The van der Waals surface area contributed by atoms with Crippen molar-refractivity contribution in [2.45, 2.75) is 51.8 Å². The number of alkyl carbamates (subject to hydrolysis) is 1. The maximum absolute atomic E-state index is 16.1. The van der Waals surface area contributed by atoms with Gasteiger partial charge >= 0.3 is 13.9 Å². The number of hydrogen-bond acceptors (Lipinski definition) is 13. The number of amides is 1. The highest BCUT2D eigenvalue weighted by atomic mass is 32.2. The third-order valence-electron chi connectivity index (χ3n) is 5.98. The van der Waals surface area contributed by atoms with Crippen molar-refractivity contribution in [2.24, 2.45) is 5.41 Å². The maximum Gasteiger partial charge on any atom is 0.475 e. The second-order valence-corrected chi connectivity index (χ2v) is 12.2. The quantitative estimate of drug-likeness (QED) is 0.329. The van der Waals surface area contributed by atoms with Gasteiger partial charge in [0.15, 0.2) is 22.7 Å². The van der Waals surface area contributed by atoms with Crippen LogP contribution < -0.4 is 11.1 Å². The zero-order chi connectivity index (χ0) is 27.7. The SMILES string of the molecule is CCOC(=O)NCC(C)(C)C(=O)SCCOP1(=O)OC[C@H]2O[C@@H](n3cnc4cnc(N)nc43)[C@](C)(F)[C@@H]2O1. The van der Waals surface area contributed by atoms with Gasteiger partial charge in [-0.3, -0.25) is 22.9 Å². The number of halogens is 1. The van der Waals surface area contributed by atoms with E-state index in [0.29, 0.717) is 5.52 Å². The number of nitrogens with two attached hydrogens (primary N) is 1. The standard InChI is InChI=1S/C21H30FN6O8PS/c1-5-32-19(30)25-10-20(2,3)17(29)38-7-6-33-37(31)34-9-13-14(36-37)21(4,22)16(35-13)28-11-26-12-8-24-18(23)27-15(12)28/h8,11,13-14,16H,5-7,9-10H2,1-4H3,(H,25,30)(H2,23,24,27)/t13-,14-,16-,21-,37?/m1/s1. The van der Waals surface area contributed by atoms with E-state index >= 15 is 4.39 Å². The van der Waals surface area contributed by atoms with Crippen molar-refractivity contribution in [1.29, 1.82) is 0 Å². The molecule has 1 amide bonds. The summed E-state index contributed by atoms with van der Waals surface area (Å²) in [5.74, 6) is 0.114. The molecule has 14 nitrogen and oxygen atoms in total. The summed E-state index contributed by atoms with van der Waals surface area (Å²) in [6.07, 6.45) is -1.21. The highest BCUT2D eigenvalue weighted by Gasteiger charge is 2.61. The lowest BCUT2D eigenvalue weighted by Gasteiger charge is -2.33. The largest absolute Gasteiger partial charge is 0.475 e. The summed E-state index contributed by atoms with van der Waals surface area (Å²) < 4.78 is 57.3. The van der Waals surface area contributed by atoms with E-state index in [-0.39, 0.29) is 48.8 Å². The van der Waals surface area contributed by atoms with Crippen LogP contribution >= 0.6 is 19.6 Å². The number of imidazole rings is 1. The van der Waals surface area contributed by atoms with E-state index in [4.69, 9.17) is 28.8 Å². The summed E-state index contributed by atoms with van der Waals surface area (Å²) in [6.45, 7) is 6.18. The van der Waals surface area contributed by atoms with Crippen LogP contribution in [0, 0.1) is 5.41 Å². The molecule has 210 valence electrons. The lowest BCUT2D eigenvalue weighted by atomic mass is 9.96. The summed E-state index contributed by atoms with van der Waals surface area (Å²) in [4.78, 5) is 36.2. The Morgan fingerprint density at radius 1 is 1.42 bits per heavy atom. The van der Waals surface area contributed by atoms with E-state index in [1.54, 1.807) is 20.8 Å². The monoisotopic (exact) mass is 576 g/mol. The Hall–Kier alpha value is -2.36. The highest BCUT2D eigenvalue weighted by molar-refractivity contribution is 8.13. The van der Waals surface area contributed by atoms with E-state index in [0.717, 1.165) is 11.8 Å². The summed E-state index contributed by atoms with van der Waals surface area (Å²) in [5, 5.41) is 2.31. The molecular weight excluding hydrogens is 546 g/mol. The van der Waals surface area contributed by atoms with Crippen LogP contribution in [0.4, 0.5) is 15.1 Å². The van der Waals surface area contributed by atoms with Gasteiger partial charge in [0, 0.05) is 12.3 Å². The van der Waals surface area contributed by atoms with E-state index in [1.165, 1.54) is 24.0 Å². The van der Waals surface area contributed by atoms with Gasteiger partial charge in [0.05, 0.1) is 37.8 Å². The van der Waals surface area contributed by atoms with Crippen LogP contribution in [-0.2, 0) is 32.4 Å². The molecule has 5 atom stereocenters. The predicted molar refractivity (Wildman–Crippen MR) is 134 cm³/mol. The van der Waals surface area contributed by atoms with Gasteiger partial charge in [0.1, 0.15) is 17.7 Å². The molecule has 0 bridgehead atoms. The Kier molecular flexibility index (Phi) is 8.31. The smallest absolute Gasteiger partial charge is 0.450 e. The van der Waals surface area contributed by atoms with Crippen LogP contribution in [-0.4, -0.2) is 80.7 Å². The van der Waals surface area contributed by atoms with Gasteiger partial charge in [-0.15, -0.1) is 0 Å². The molecule has 4 rings (SSSR count). The van der Waals surface area contributed by atoms with Crippen molar-refractivity contribution >= 4 is 47.9 Å². The summed E-state index contributed by atoms with van der Waals surface area (Å²) in [7, 11) is -4.15. The van der Waals surface area contributed by atoms with Gasteiger partial charge in [-0.1, -0.05) is 25.6 Å². The molecule has 38 heavy (non-hydrogen) atoms. The van der Waals surface area contributed by atoms with Gasteiger partial charge in [-0.05, 0) is 13.8 Å². The lowest BCUT2D eigenvalue weighted by Crippen LogP contribution is -2.44. The molecule has 17 heteroatoms. The molecule has 1 unspecified atom stereocenters. The lowest BCUT2D eigenvalue weighted by molar-refractivity contribution is -0.117. The summed E-state index contributed by atoms with van der Waals surface area (Å²) in [5.41, 5.74) is 3.29. The Bertz CT molecular complexity index is 1250. The number of carbonyl (C=O) groups excluding carboxylic acids is 2. The van der Waals surface area contributed by atoms with E-state index < -0.39 is 43.4 Å². The molecule has 0 spiro atoms. The minimum Gasteiger partial charge on any atom is -0.450 e. The van der Waals surface area contributed by atoms with Crippen molar-refractivity contribution < 1.29 is 41.6 Å². The fraction of sp³-hybridized carbons (Fsp3) is 0.667. The number of carbonyl (C=O) groups is 2. The summed E-state index contributed by atoms with van der Waals surface area (Å²) >= 11 is 0.936. The van der Waals surface area contributed by atoms with Crippen molar-refractivity contribution in [3.8, 4) is 0 Å². The number of nitrogen functional groups attached to an aromatic ring is 1. The molecule has 4 heterocycles. The Morgan fingerprint density at radius 2 is 2.18 bits per heavy atom. The molecule has 3 N–H and O–H groups in total. The van der Waals surface area contributed by atoms with Crippen LogP contribution in [0.3, 0.4) is 0 Å². The first-order valence-corrected chi connectivity index (χ1v) is 14.3. The highest BCUT2D eigenvalue weighted by Crippen LogP contribution is 2.59.